The van der Waals surface area contributed by atoms with E-state index in [0.29, 0.717) is 6.42 Å². The Morgan fingerprint density at radius 3 is 2.82 bits per heavy atom. The largest absolute Gasteiger partial charge is 0.467 e. The zero-order valence-electron chi connectivity index (χ0n) is 11.3. The summed E-state index contributed by atoms with van der Waals surface area (Å²) >= 11 is 1.18. The SMILES string of the molecule is CCc1nnc(NC(=O)c2cccnc2OCC(F)(F)F)s1. The molecule has 1 amide bonds. The van der Waals surface area contributed by atoms with Crippen molar-refractivity contribution in [2.45, 2.75) is 19.5 Å². The van der Waals surface area contributed by atoms with E-state index in [-0.39, 0.29) is 10.7 Å². The number of amides is 1. The van der Waals surface area contributed by atoms with Crippen LogP contribution in [0.5, 0.6) is 5.88 Å². The first-order valence-electron chi connectivity index (χ1n) is 6.17. The summed E-state index contributed by atoms with van der Waals surface area (Å²) in [5.41, 5.74) is -0.111. The van der Waals surface area contributed by atoms with Crippen LogP contribution in [0.1, 0.15) is 22.3 Å². The average molecular weight is 332 g/mol. The molecule has 0 unspecified atom stereocenters. The fourth-order valence-corrected chi connectivity index (χ4v) is 2.11. The number of pyridine rings is 1. The smallest absolute Gasteiger partial charge is 0.422 e. The number of aromatic nitrogens is 3. The van der Waals surface area contributed by atoms with Gasteiger partial charge in [-0.3, -0.25) is 10.1 Å². The van der Waals surface area contributed by atoms with Gasteiger partial charge in [-0.1, -0.05) is 18.3 Å². The van der Waals surface area contributed by atoms with Crippen molar-refractivity contribution in [1.82, 2.24) is 15.2 Å². The van der Waals surface area contributed by atoms with Crippen LogP contribution in [0.4, 0.5) is 18.3 Å². The standard InChI is InChI=1S/C12H11F3N4O2S/c1-2-8-18-19-11(22-8)17-9(20)7-4-3-5-16-10(7)21-6-12(13,14)15/h3-5H,2,6H2,1H3,(H,17,19,20). The van der Waals surface area contributed by atoms with Crippen LogP contribution in [0.3, 0.4) is 0 Å². The Bertz CT molecular complexity index is 660. The predicted molar refractivity (Wildman–Crippen MR) is 73.0 cm³/mol. The molecule has 0 aliphatic heterocycles. The number of carbonyl (C=O) groups excluding carboxylic acids is 1. The topological polar surface area (TPSA) is 77.0 Å². The van der Waals surface area contributed by atoms with Crippen molar-refractivity contribution in [3.05, 3.63) is 28.9 Å². The van der Waals surface area contributed by atoms with Crippen molar-refractivity contribution in [3.63, 3.8) is 0 Å². The van der Waals surface area contributed by atoms with Crippen molar-refractivity contribution in [1.29, 1.82) is 0 Å². The van der Waals surface area contributed by atoms with Gasteiger partial charge in [-0.25, -0.2) is 4.98 Å². The third kappa shape index (κ3) is 4.38. The van der Waals surface area contributed by atoms with Gasteiger partial charge in [-0.05, 0) is 18.6 Å². The minimum Gasteiger partial charge on any atom is -0.467 e. The van der Waals surface area contributed by atoms with E-state index in [1.165, 1.54) is 29.7 Å². The number of halogens is 3. The van der Waals surface area contributed by atoms with Crippen LogP contribution in [0, 0.1) is 0 Å². The molecule has 0 atom stereocenters. The second-order valence-corrected chi connectivity index (χ2v) is 5.13. The van der Waals surface area contributed by atoms with E-state index in [9.17, 15) is 18.0 Å². The summed E-state index contributed by atoms with van der Waals surface area (Å²) in [7, 11) is 0. The Balaban J connectivity index is 2.12. The van der Waals surface area contributed by atoms with E-state index in [0.717, 1.165) is 5.01 Å². The Morgan fingerprint density at radius 2 is 2.18 bits per heavy atom. The molecule has 6 nitrogen and oxygen atoms in total. The Labute approximate surface area is 127 Å². The average Bonchev–Trinajstić information content (AvgIpc) is 2.92. The van der Waals surface area contributed by atoms with E-state index < -0.39 is 24.6 Å². The van der Waals surface area contributed by atoms with Crippen LogP contribution < -0.4 is 10.1 Å². The maximum absolute atomic E-state index is 12.2. The van der Waals surface area contributed by atoms with Crippen LogP contribution in [0.15, 0.2) is 18.3 Å². The molecule has 22 heavy (non-hydrogen) atoms. The Morgan fingerprint density at radius 1 is 1.41 bits per heavy atom. The van der Waals surface area contributed by atoms with Crippen molar-refractivity contribution >= 4 is 22.4 Å². The quantitative estimate of drug-likeness (QED) is 0.911. The van der Waals surface area contributed by atoms with Gasteiger partial charge >= 0.3 is 6.18 Å². The van der Waals surface area contributed by atoms with Crippen LogP contribution in [-0.2, 0) is 6.42 Å². The van der Waals surface area contributed by atoms with Crippen molar-refractivity contribution in [2.75, 3.05) is 11.9 Å². The molecule has 1 N–H and O–H groups in total. The first kappa shape index (κ1) is 16.1. The lowest BCUT2D eigenvalue weighted by molar-refractivity contribution is -0.154. The molecule has 0 fully saturated rings. The van der Waals surface area contributed by atoms with Crippen LogP contribution in [0.2, 0.25) is 0 Å². The summed E-state index contributed by atoms with van der Waals surface area (Å²) in [5.74, 6) is -1.05. The van der Waals surface area contributed by atoms with Crippen molar-refractivity contribution < 1.29 is 22.7 Å². The predicted octanol–water partition coefficient (Wildman–Crippen LogP) is 2.69. The number of carbonyl (C=O) groups is 1. The molecule has 2 aromatic rings. The number of aryl methyl sites for hydroxylation is 1. The highest BCUT2D eigenvalue weighted by Crippen LogP contribution is 2.22. The van der Waals surface area contributed by atoms with Gasteiger partial charge in [0.2, 0.25) is 11.0 Å². The number of hydrogen-bond acceptors (Lipinski definition) is 6. The molecular weight excluding hydrogens is 321 g/mol. The molecule has 118 valence electrons. The molecule has 0 aliphatic carbocycles. The zero-order valence-corrected chi connectivity index (χ0v) is 12.2. The minimum atomic E-state index is -4.51. The molecule has 2 rings (SSSR count). The number of nitrogens with zero attached hydrogens (tertiary/aromatic N) is 3. The third-order valence-corrected chi connectivity index (χ3v) is 3.36. The van der Waals surface area contributed by atoms with Crippen LogP contribution in [-0.4, -0.2) is 33.9 Å². The second-order valence-electron chi connectivity index (χ2n) is 4.07. The maximum atomic E-state index is 12.2. The van der Waals surface area contributed by atoms with Crippen molar-refractivity contribution in [2.24, 2.45) is 0 Å². The van der Waals surface area contributed by atoms with E-state index in [4.69, 9.17) is 0 Å². The van der Waals surface area contributed by atoms with E-state index in [1.54, 1.807) is 0 Å². The highest BCUT2D eigenvalue weighted by molar-refractivity contribution is 7.15. The van der Waals surface area contributed by atoms with Gasteiger partial charge in [0.05, 0.1) is 0 Å². The molecule has 0 aromatic carbocycles. The van der Waals surface area contributed by atoms with Crippen molar-refractivity contribution in [3.8, 4) is 5.88 Å². The van der Waals surface area contributed by atoms with Gasteiger partial charge in [-0.2, -0.15) is 13.2 Å². The summed E-state index contributed by atoms with van der Waals surface area (Å²) in [5, 5.41) is 11.0. The van der Waals surface area contributed by atoms with Gasteiger partial charge in [0.1, 0.15) is 10.6 Å². The molecule has 2 aromatic heterocycles. The monoisotopic (exact) mass is 332 g/mol. The molecule has 0 saturated heterocycles. The summed E-state index contributed by atoms with van der Waals surface area (Å²) in [6.07, 6.45) is -2.61. The molecule has 0 bridgehead atoms. The molecular formula is C12H11F3N4O2S. The highest BCUT2D eigenvalue weighted by Gasteiger charge is 2.29. The molecule has 2 heterocycles. The zero-order chi connectivity index (χ0) is 16.2. The highest BCUT2D eigenvalue weighted by atomic mass is 32.1. The van der Waals surface area contributed by atoms with Gasteiger partial charge in [0.15, 0.2) is 6.61 Å². The number of hydrogen-bond donors (Lipinski definition) is 1. The number of anilines is 1. The number of ether oxygens (including phenoxy) is 1. The van der Waals surface area contributed by atoms with Gasteiger partial charge in [0.25, 0.3) is 5.91 Å². The van der Waals surface area contributed by atoms with Crippen LogP contribution >= 0.6 is 11.3 Å². The van der Waals surface area contributed by atoms with Gasteiger partial charge < -0.3 is 4.74 Å². The maximum Gasteiger partial charge on any atom is 0.422 e. The lowest BCUT2D eigenvalue weighted by Gasteiger charge is -2.11. The Kier molecular flexibility index (Phi) is 4.91. The summed E-state index contributed by atoms with van der Waals surface area (Å²) in [6.45, 7) is 0.361. The van der Waals surface area contributed by atoms with Gasteiger partial charge in [-0.15, -0.1) is 10.2 Å². The molecule has 0 spiro atoms. The third-order valence-electron chi connectivity index (χ3n) is 2.38. The number of nitrogens with one attached hydrogen (secondary N) is 1. The lowest BCUT2D eigenvalue weighted by atomic mass is 10.2. The summed E-state index contributed by atoms with van der Waals surface area (Å²) in [6, 6.07) is 2.74. The summed E-state index contributed by atoms with van der Waals surface area (Å²) in [4.78, 5) is 15.7. The molecule has 10 heteroatoms. The summed E-state index contributed by atoms with van der Waals surface area (Å²) < 4.78 is 41.1. The van der Waals surface area contributed by atoms with E-state index >= 15 is 0 Å². The molecule has 0 radical (unpaired) electrons. The van der Waals surface area contributed by atoms with E-state index in [1.807, 2.05) is 6.92 Å². The lowest BCUT2D eigenvalue weighted by Crippen LogP contribution is -2.21. The fraction of sp³-hybridized carbons (Fsp3) is 0.333. The molecule has 0 saturated carbocycles. The van der Waals surface area contributed by atoms with E-state index in [2.05, 4.69) is 25.2 Å². The Hall–Kier alpha value is -2.23. The molecule has 0 aliphatic rings. The first-order chi connectivity index (χ1) is 10.4. The minimum absolute atomic E-state index is 0.111. The van der Waals surface area contributed by atoms with Crippen LogP contribution in [0.25, 0.3) is 0 Å². The van der Waals surface area contributed by atoms with Gasteiger partial charge in [0, 0.05) is 6.20 Å². The first-order valence-corrected chi connectivity index (χ1v) is 6.99. The number of rotatable bonds is 5. The number of alkyl halides is 3. The normalized spacial score (nSPS) is 11.3. The second kappa shape index (κ2) is 6.69. The fourth-order valence-electron chi connectivity index (χ4n) is 1.44.